The molecule has 35 heavy (non-hydrogen) atoms. The number of thioether (sulfide) groups is 2. The van der Waals surface area contributed by atoms with E-state index in [0.29, 0.717) is 33.5 Å². The molecule has 0 radical (unpaired) electrons. The maximum Gasteiger partial charge on any atom is 0.352 e. The molecule has 0 saturated carbocycles. The fourth-order valence-electron chi connectivity index (χ4n) is 3.66. The number of carbonyl (C=O) groups excluding carboxylic acids is 3. The Labute approximate surface area is 207 Å². The zero-order valence-electron chi connectivity index (χ0n) is 18.7. The first-order valence-electron chi connectivity index (χ1n) is 10.4. The van der Waals surface area contributed by atoms with Gasteiger partial charge in [0.1, 0.15) is 23.2 Å². The lowest BCUT2D eigenvalue weighted by Crippen LogP contribution is -2.71. The monoisotopic (exact) mass is 518 g/mol. The highest BCUT2D eigenvalue weighted by Crippen LogP contribution is 2.41. The van der Waals surface area contributed by atoms with Crippen molar-refractivity contribution >= 4 is 52.9 Å². The van der Waals surface area contributed by atoms with Crippen LogP contribution in [0.1, 0.15) is 18.5 Å². The number of hydrogen-bond donors (Lipinski definition) is 4. The fourth-order valence-corrected chi connectivity index (χ4v) is 6.00. The van der Waals surface area contributed by atoms with E-state index < -0.39 is 35.2 Å². The van der Waals surface area contributed by atoms with E-state index in [9.17, 15) is 24.3 Å². The SMILES string of the molecule is CC(=O)Nc1ccc(C(N)C(=O)NC2C(=O)N3C(C(=O)O)=C(CSc4nnnn4C)CS[C@H]23)cc1. The quantitative estimate of drug-likeness (QED) is 0.265. The molecule has 1 aromatic carbocycles. The third kappa shape index (κ3) is 5.01. The van der Waals surface area contributed by atoms with Gasteiger partial charge in [0.05, 0.1) is 0 Å². The Morgan fingerprint density at radius 2 is 2.03 bits per heavy atom. The number of carbonyl (C=O) groups is 4. The molecule has 4 rings (SSSR count). The summed E-state index contributed by atoms with van der Waals surface area (Å²) >= 11 is 2.64. The molecule has 2 aliphatic heterocycles. The second-order valence-electron chi connectivity index (χ2n) is 7.81. The molecule has 2 unspecified atom stereocenters. The molecule has 1 aromatic heterocycles. The van der Waals surface area contributed by atoms with Crippen LogP contribution in [0.3, 0.4) is 0 Å². The Morgan fingerprint density at radius 1 is 1.31 bits per heavy atom. The van der Waals surface area contributed by atoms with Gasteiger partial charge >= 0.3 is 5.97 Å². The van der Waals surface area contributed by atoms with Crippen LogP contribution in [0.25, 0.3) is 0 Å². The maximum absolute atomic E-state index is 12.9. The number of nitrogens with two attached hydrogens (primary N) is 1. The van der Waals surface area contributed by atoms with Crippen LogP contribution in [0, 0.1) is 0 Å². The summed E-state index contributed by atoms with van der Waals surface area (Å²) in [5.41, 5.74) is 7.63. The molecular weight excluding hydrogens is 496 g/mol. The summed E-state index contributed by atoms with van der Waals surface area (Å²) < 4.78 is 1.47. The zero-order chi connectivity index (χ0) is 25.3. The average molecular weight is 519 g/mol. The first-order valence-corrected chi connectivity index (χ1v) is 12.4. The van der Waals surface area contributed by atoms with Gasteiger partial charge in [-0.2, -0.15) is 0 Å². The van der Waals surface area contributed by atoms with Gasteiger partial charge in [-0.25, -0.2) is 9.48 Å². The molecule has 2 aliphatic rings. The van der Waals surface area contributed by atoms with E-state index in [1.54, 1.807) is 31.3 Å². The number of benzene rings is 1. The number of rotatable bonds is 8. The summed E-state index contributed by atoms with van der Waals surface area (Å²) in [6.45, 7) is 1.39. The lowest BCUT2D eigenvalue weighted by atomic mass is 10.0. The lowest BCUT2D eigenvalue weighted by molar-refractivity contribution is -0.150. The molecule has 5 N–H and O–H groups in total. The van der Waals surface area contributed by atoms with Crippen molar-refractivity contribution in [2.45, 2.75) is 29.5 Å². The van der Waals surface area contributed by atoms with Crippen LogP contribution in [-0.2, 0) is 26.2 Å². The number of carboxylic acid groups (broad SMARTS) is 1. The third-order valence-electron chi connectivity index (χ3n) is 5.38. The van der Waals surface area contributed by atoms with E-state index in [1.807, 2.05) is 0 Å². The Balaban J connectivity index is 1.42. The predicted octanol–water partition coefficient (Wildman–Crippen LogP) is -0.301. The summed E-state index contributed by atoms with van der Waals surface area (Å²) in [4.78, 5) is 50.0. The number of aliphatic carboxylic acids is 1. The Morgan fingerprint density at radius 3 is 2.63 bits per heavy atom. The smallest absolute Gasteiger partial charge is 0.352 e. The minimum absolute atomic E-state index is 0.0789. The van der Waals surface area contributed by atoms with Crippen molar-refractivity contribution in [2.75, 3.05) is 16.8 Å². The van der Waals surface area contributed by atoms with Crippen LogP contribution in [0.2, 0.25) is 0 Å². The van der Waals surface area contributed by atoms with Crippen LogP contribution in [0.4, 0.5) is 5.69 Å². The third-order valence-corrected chi connectivity index (χ3v) is 7.81. The van der Waals surface area contributed by atoms with Crippen molar-refractivity contribution in [1.82, 2.24) is 30.4 Å². The molecule has 13 nitrogen and oxygen atoms in total. The van der Waals surface area contributed by atoms with Gasteiger partial charge in [0.2, 0.25) is 17.0 Å². The number of aromatic nitrogens is 4. The van der Waals surface area contributed by atoms with Crippen molar-refractivity contribution in [3.05, 3.63) is 41.1 Å². The second kappa shape index (κ2) is 10.1. The maximum atomic E-state index is 12.9. The van der Waals surface area contributed by atoms with Crippen molar-refractivity contribution < 1.29 is 24.3 Å². The average Bonchev–Trinajstić information content (AvgIpc) is 3.24. The van der Waals surface area contributed by atoms with Gasteiger partial charge in [-0.3, -0.25) is 19.3 Å². The number of nitrogens with zero attached hydrogens (tertiary/aromatic N) is 5. The van der Waals surface area contributed by atoms with Gasteiger partial charge in [-0.05, 0) is 33.7 Å². The van der Waals surface area contributed by atoms with Gasteiger partial charge in [0.15, 0.2) is 0 Å². The Kier molecular flexibility index (Phi) is 7.09. The predicted molar refractivity (Wildman–Crippen MR) is 127 cm³/mol. The molecule has 2 aromatic rings. The minimum atomic E-state index is -1.21. The highest BCUT2D eigenvalue weighted by atomic mass is 32.2. The normalized spacial score (nSPS) is 20.1. The molecule has 15 heteroatoms. The number of carboxylic acids is 1. The van der Waals surface area contributed by atoms with E-state index in [0.717, 1.165) is 0 Å². The summed E-state index contributed by atoms with van der Waals surface area (Å²) in [5, 5.41) is 26.2. The molecular formula is C20H22N8O5S2. The topological polar surface area (TPSA) is 185 Å². The van der Waals surface area contributed by atoms with Crippen molar-refractivity contribution in [1.29, 1.82) is 0 Å². The second-order valence-corrected chi connectivity index (χ2v) is 9.86. The Hall–Kier alpha value is -3.43. The van der Waals surface area contributed by atoms with Crippen LogP contribution in [0.15, 0.2) is 40.7 Å². The minimum Gasteiger partial charge on any atom is -0.477 e. The number of hydrogen-bond acceptors (Lipinski definition) is 10. The number of fused-ring (bicyclic) bond motifs is 1. The highest BCUT2D eigenvalue weighted by Gasteiger charge is 2.54. The van der Waals surface area contributed by atoms with Crippen LogP contribution in [0.5, 0.6) is 0 Å². The van der Waals surface area contributed by atoms with Gasteiger partial charge in [0.25, 0.3) is 5.91 Å². The van der Waals surface area contributed by atoms with Crippen LogP contribution < -0.4 is 16.4 Å². The molecule has 0 spiro atoms. The van der Waals surface area contributed by atoms with Crippen LogP contribution >= 0.6 is 23.5 Å². The molecule has 1 fully saturated rings. The lowest BCUT2D eigenvalue weighted by Gasteiger charge is -2.49. The number of β-lactam (4-membered cyclic amide) rings is 1. The van der Waals surface area contributed by atoms with E-state index in [-0.39, 0.29) is 11.6 Å². The summed E-state index contributed by atoms with van der Waals surface area (Å²) in [5.74, 6) is -1.83. The first-order chi connectivity index (χ1) is 16.7. The molecule has 1 saturated heterocycles. The fraction of sp³-hybridized carbons (Fsp3) is 0.350. The summed E-state index contributed by atoms with van der Waals surface area (Å²) in [6, 6.07) is 4.54. The number of amides is 3. The van der Waals surface area contributed by atoms with Gasteiger partial charge in [-0.1, -0.05) is 23.9 Å². The van der Waals surface area contributed by atoms with Gasteiger partial charge < -0.3 is 21.5 Å². The number of nitrogens with one attached hydrogen (secondary N) is 2. The number of anilines is 1. The molecule has 3 atom stereocenters. The largest absolute Gasteiger partial charge is 0.477 e. The van der Waals surface area contributed by atoms with E-state index >= 15 is 0 Å². The zero-order valence-corrected chi connectivity index (χ0v) is 20.3. The van der Waals surface area contributed by atoms with Crippen molar-refractivity contribution in [3.63, 3.8) is 0 Å². The summed E-state index contributed by atoms with van der Waals surface area (Å²) in [7, 11) is 1.68. The van der Waals surface area contributed by atoms with Gasteiger partial charge in [0, 0.05) is 31.2 Å². The van der Waals surface area contributed by atoms with E-state index in [4.69, 9.17) is 5.73 Å². The van der Waals surface area contributed by atoms with Gasteiger partial charge in [-0.15, -0.1) is 16.9 Å². The summed E-state index contributed by atoms with van der Waals surface area (Å²) in [6.07, 6.45) is 0. The van der Waals surface area contributed by atoms with E-state index in [1.165, 1.54) is 40.0 Å². The molecule has 0 bridgehead atoms. The Bertz CT molecular complexity index is 1210. The van der Waals surface area contributed by atoms with E-state index in [2.05, 4.69) is 26.2 Å². The highest BCUT2D eigenvalue weighted by molar-refractivity contribution is 8.01. The van der Waals surface area contributed by atoms with Crippen molar-refractivity contribution in [3.8, 4) is 0 Å². The van der Waals surface area contributed by atoms with Crippen molar-refractivity contribution in [2.24, 2.45) is 12.8 Å². The molecule has 3 heterocycles. The number of tetrazole rings is 1. The molecule has 3 amide bonds. The first kappa shape index (κ1) is 24.7. The number of aryl methyl sites for hydroxylation is 1. The van der Waals surface area contributed by atoms with Crippen LogP contribution in [-0.4, -0.2) is 76.8 Å². The molecule has 0 aliphatic carbocycles. The molecule has 184 valence electrons. The standard InChI is InChI=1S/C20H22N8O5S2/c1-9(29)22-12-5-3-10(4-6-12)13(21)16(30)23-14-17(31)28-15(19(32)33)11(7-34-18(14)28)8-35-20-24-25-26-27(20)2/h3-6,13-14,18H,7-8,21H2,1-2H3,(H,22,29)(H,23,30)(H,32,33)/t13?,14?,18-/m1/s1.